The molecule has 0 saturated carbocycles. The minimum absolute atomic E-state index is 0.148. The van der Waals surface area contributed by atoms with E-state index >= 15 is 0 Å². The summed E-state index contributed by atoms with van der Waals surface area (Å²) in [5.74, 6) is 0.948. The largest absolute Gasteiger partial charge is 0.454 e. The molecular formula is C22H24N2O4. The number of hydrogen-bond acceptors (Lipinski definition) is 4. The highest BCUT2D eigenvalue weighted by Gasteiger charge is 2.39. The summed E-state index contributed by atoms with van der Waals surface area (Å²) in [6.45, 7) is 5.10. The van der Waals surface area contributed by atoms with Gasteiger partial charge in [-0.25, -0.2) is 0 Å². The summed E-state index contributed by atoms with van der Waals surface area (Å²) in [7, 11) is 0. The Morgan fingerprint density at radius 2 is 1.82 bits per heavy atom. The molecule has 0 saturated heterocycles. The molecule has 0 fully saturated rings. The van der Waals surface area contributed by atoms with Crippen LogP contribution < -0.4 is 14.8 Å². The number of nitrogens with zero attached hydrogens (tertiary/aromatic N) is 1. The van der Waals surface area contributed by atoms with Gasteiger partial charge in [0.25, 0.3) is 0 Å². The summed E-state index contributed by atoms with van der Waals surface area (Å²) >= 11 is 0. The summed E-state index contributed by atoms with van der Waals surface area (Å²) in [6, 6.07) is 13.7. The van der Waals surface area contributed by atoms with E-state index in [1.807, 2.05) is 36.4 Å². The van der Waals surface area contributed by atoms with Gasteiger partial charge in [0, 0.05) is 19.6 Å². The van der Waals surface area contributed by atoms with Crippen molar-refractivity contribution in [2.75, 3.05) is 13.3 Å². The van der Waals surface area contributed by atoms with E-state index in [2.05, 4.69) is 11.4 Å². The smallest absolute Gasteiger partial charge is 0.238 e. The molecule has 2 aliphatic heterocycles. The third kappa shape index (κ3) is 3.42. The minimum Gasteiger partial charge on any atom is -0.454 e. The summed E-state index contributed by atoms with van der Waals surface area (Å²) < 4.78 is 10.7. The second-order valence-corrected chi connectivity index (χ2v) is 7.74. The zero-order valence-corrected chi connectivity index (χ0v) is 16.2. The van der Waals surface area contributed by atoms with Crippen molar-refractivity contribution in [3.63, 3.8) is 0 Å². The predicted octanol–water partition coefficient (Wildman–Crippen LogP) is 2.64. The molecular weight excluding hydrogens is 356 g/mol. The SMILES string of the molecule is CC(C)(C(=O)NCc1ccc2c(c1)OCO2)C(=O)N1CCc2ccccc2C1. The van der Waals surface area contributed by atoms with E-state index in [4.69, 9.17) is 9.47 Å². The molecule has 146 valence electrons. The van der Waals surface area contributed by atoms with Gasteiger partial charge in [-0.3, -0.25) is 9.59 Å². The molecule has 2 aliphatic rings. The first-order chi connectivity index (χ1) is 13.4. The van der Waals surface area contributed by atoms with Gasteiger partial charge in [-0.1, -0.05) is 30.3 Å². The first kappa shape index (κ1) is 18.3. The van der Waals surface area contributed by atoms with E-state index in [1.165, 1.54) is 5.56 Å². The van der Waals surface area contributed by atoms with Crippen LogP contribution in [0.25, 0.3) is 0 Å². The second kappa shape index (κ2) is 7.19. The number of carbonyl (C=O) groups excluding carboxylic acids is 2. The Hall–Kier alpha value is -3.02. The number of benzene rings is 2. The molecule has 0 aromatic heterocycles. The van der Waals surface area contributed by atoms with Crippen LogP contribution in [0, 0.1) is 5.41 Å². The quantitative estimate of drug-likeness (QED) is 0.828. The molecule has 0 bridgehead atoms. The Kier molecular flexibility index (Phi) is 4.71. The van der Waals surface area contributed by atoms with Crippen LogP contribution in [0.2, 0.25) is 0 Å². The number of nitrogens with one attached hydrogen (secondary N) is 1. The van der Waals surface area contributed by atoms with Gasteiger partial charge in [0.1, 0.15) is 5.41 Å². The first-order valence-corrected chi connectivity index (χ1v) is 9.48. The fraction of sp³-hybridized carbons (Fsp3) is 0.364. The molecule has 6 nitrogen and oxygen atoms in total. The zero-order valence-electron chi connectivity index (χ0n) is 16.2. The van der Waals surface area contributed by atoms with Crippen molar-refractivity contribution in [3.05, 3.63) is 59.2 Å². The molecule has 2 amide bonds. The van der Waals surface area contributed by atoms with Gasteiger partial charge < -0.3 is 19.7 Å². The Balaban J connectivity index is 1.39. The highest BCUT2D eigenvalue weighted by atomic mass is 16.7. The standard InChI is InChI=1S/C22H24N2O4/c1-22(2,21(26)24-10-9-16-5-3-4-6-17(16)13-24)20(25)23-12-15-7-8-18-19(11-15)28-14-27-18/h3-8,11H,9-10,12-14H2,1-2H3,(H,23,25). The fourth-order valence-electron chi connectivity index (χ4n) is 3.62. The van der Waals surface area contributed by atoms with Crippen LogP contribution in [-0.2, 0) is 29.1 Å². The van der Waals surface area contributed by atoms with E-state index in [0.717, 1.165) is 17.5 Å². The molecule has 0 unspecified atom stereocenters. The van der Waals surface area contributed by atoms with Crippen LogP contribution in [0.5, 0.6) is 11.5 Å². The second-order valence-electron chi connectivity index (χ2n) is 7.74. The lowest BCUT2D eigenvalue weighted by molar-refractivity contribution is -0.149. The van der Waals surface area contributed by atoms with Crippen molar-refractivity contribution in [2.24, 2.45) is 5.41 Å². The number of amides is 2. The average Bonchev–Trinajstić information content (AvgIpc) is 3.18. The van der Waals surface area contributed by atoms with E-state index < -0.39 is 5.41 Å². The summed E-state index contributed by atoms with van der Waals surface area (Å²) in [6.07, 6.45) is 0.816. The number of hydrogen-bond donors (Lipinski definition) is 1. The Morgan fingerprint density at radius 1 is 1.07 bits per heavy atom. The molecule has 0 spiro atoms. The maximum atomic E-state index is 13.1. The average molecular weight is 380 g/mol. The third-order valence-corrected chi connectivity index (χ3v) is 5.41. The Bertz CT molecular complexity index is 923. The normalized spacial score (nSPS) is 15.1. The topological polar surface area (TPSA) is 67.9 Å². The van der Waals surface area contributed by atoms with Crippen molar-refractivity contribution in [1.82, 2.24) is 10.2 Å². The fourth-order valence-corrected chi connectivity index (χ4v) is 3.62. The van der Waals surface area contributed by atoms with Gasteiger partial charge in [-0.15, -0.1) is 0 Å². The number of ether oxygens (including phenoxy) is 2. The molecule has 1 N–H and O–H groups in total. The van der Waals surface area contributed by atoms with E-state index in [-0.39, 0.29) is 18.6 Å². The lowest BCUT2D eigenvalue weighted by Crippen LogP contribution is -2.50. The summed E-state index contributed by atoms with van der Waals surface area (Å²) in [4.78, 5) is 27.6. The minimum atomic E-state index is -1.14. The van der Waals surface area contributed by atoms with Crippen LogP contribution in [-0.4, -0.2) is 30.1 Å². The molecule has 0 atom stereocenters. The lowest BCUT2D eigenvalue weighted by atomic mass is 9.88. The van der Waals surface area contributed by atoms with E-state index in [1.54, 1.807) is 18.7 Å². The molecule has 4 rings (SSSR count). The zero-order chi connectivity index (χ0) is 19.7. The van der Waals surface area contributed by atoms with Gasteiger partial charge in [0.05, 0.1) is 0 Å². The summed E-state index contributed by atoms with van der Waals surface area (Å²) in [5.41, 5.74) is 2.19. The summed E-state index contributed by atoms with van der Waals surface area (Å²) in [5, 5.41) is 2.89. The van der Waals surface area contributed by atoms with Crippen molar-refractivity contribution in [3.8, 4) is 11.5 Å². The molecule has 2 heterocycles. The molecule has 0 radical (unpaired) electrons. The number of fused-ring (bicyclic) bond motifs is 2. The molecule has 6 heteroatoms. The van der Waals surface area contributed by atoms with Crippen LogP contribution in [0.4, 0.5) is 0 Å². The predicted molar refractivity (Wildman–Crippen MR) is 104 cm³/mol. The van der Waals surface area contributed by atoms with Gasteiger partial charge in [0.2, 0.25) is 18.6 Å². The highest BCUT2D eigenvalue weighted by molar-refractivity contribution is 6.04. The van der Waals surface area contributed by atoms with Crippen molar-refractivity contribution >= 4 is 11.8 Å². The van der Waals surface area contributed by atoms with Crippen molar-refractivity contribution in [2.45, 2.75) is 33.4 Å². The number of rotatable bonds is 4. The lowest BCUT2D eigenvalue weighted by Gasteiger charge is -2.34. The third-order valence-electron chi connectivity index (χ3n) is 5.41. The van der Waals surface area contributed by atoms with Crippen LogP contribution in [0.3, 0.4) is 0 Å². The van der Waals surface area contributed by atoms with Gasteiger partial charge in [-0.05, 0) is 49.1 Å². The maximum absolute atomic E-state index is 13.1. The molecule has 0 aliphatic carbocycles. The van der Waals surface area contributed by atoms with Gasteiger partial charge in [-0.2, -0.15) is 0 Å². The monoisotopic (exact) mass is 380 g/mol. The first-order valence-electron chi connectivity index (χ1n) is 9.48. The molecule has 2 aromatic carbocycles. The molecule has 2 aromatic rings. The van der Waals surface area contributed by atoms with Crippen molar-refractivity contribution in [1.29, 1.82) is 0 Å². The Labute approximate surface area is 164 Å². The number of carbonyl (C=O) groups is 2. The van der Waals surface area contributed by atoms with Crippen molar-refractivity contribution < 1.29 is 19.1 Å². The highest BCUT2D eigenvalue weighted by Crippen LogP contribution is 2.32. The van der Waals surface area contributed by atoms with Crippen LogP contribution in [0.15, 0.2) is 42.5 Å². The van der Waals surface area contributed by atoms with Crippen LogP contribution >= 0.6 is 0 Å². The molecule has 28 heavy (non-hydrogen) atoms. The Morgan fingerprint density at radius 3 is 2.64 bits per heavy atom. The van der Waals surface area contributed by atoms with Crippen LogP contribution in [0.1, 0.15) is 30.5 Å². The maximum Gasteiger partial charge on any atom is 0.238 e. The van der Waals surface area contributed by atoms with Gasteiger partial charge in [0.15, 0.2) is 11.5 Å². The van der Waals surface area contributed by atoms with Gasteiger partial charge >= 0.3 is 0 Å². The van der Waals surface area contributed by atoms with E-state index in [9.17, 15) is 9.59 Å². The van der Waals surface area contributed by atoms with E-state index in [0.29, 0.717) is 31.1 Å².